The van der Waals surface area contributed by atoms with E-state index in [0.29, 0.717) is 4.47 Å². The first-order chi connectivity index (χ1) is 6.07. The molecule has 0 bridgehead atoms. The van der Waals surface area contributed by atoms with E-state index in [1.807, 2.05) is 0 Å². The van der Waals surface area contributed by atoms with Crippen LogP contribution >= 0.6 is 27.5 Å². The molecule has 0 saturated heterocycles. The van der Waals surface area contributed by atoms with E-state index < -0.39 is 5.97 Å². The quantitative estimate of drug-likeness (QED) is 0.794. The van der Waals surface area contributed by atoms with Gasteiger partial charge in [-0.2, -0.15) is 0 Å². The molecular weight excluding hydrogens is 259 g/mol. The molecule has 70 valence electrons. The van der Waals surface area contributed by atoms with Gasteiger partial charge in [-0.05, 0) is 28.1 Å². The van der Waals surface area contributed by atoms with E-state index in [0.717, 1.165) is 0 Å². The lowest BCUT2D eigenvalue weighted by Gasteiger charge is -2.04. The summed E-state index contributed by atoms with van der Waals surface area (Å²) in [6.45, 7) is 0. The minimum Gasteiger partial charge on any atom is -0.505 e. The van der Waals surface area contributed by atoms with Crippen molar-refractivity contribution < 1.29 is 14.6 Å². The van der Waals surface area contributed by atoms with E-state index in [1.54, 1.807) is 6.07 Å². The van der Waals surface area contributed by atoms with E-state index in [1.165, 1.54) is 13.2 Å². The number of halogens is 2. The zero-order chi connectivity index (χ0) is 10.0. The van der Waals surface area contributed by atoms with Crippen LogP contribution in [0.4, 0.5) is 0 Å². The molecule has 0 aliphatic rings. The second-order valence-corrected chi connectivity index (χ2v) is 3.48. The molecule has 1 rings (SSSR count). The molecule has 1 aromatic rings. The number of aromatic hydroxyl groups is 1. The van der Waals surface area contributed by atoms with Crippen molar-refractivity contribution in [3.05, 3.63) is 27.2 Å². The minimum atomic E-state index is -0.619. The Balaban J connectivity index is 3.26. The smallest absolute Gasteiger partial charge is 0.341 e. The van der Waals surface area contributed by atoms with Crippen LogP contribution in [0, 0.1) is 0 Å². The van der Waals surface area contributed by atoms with Crippen molar-refractivity contribution in [1.82, 2.24) is 0 Å². The number of rotatable bonds is 1. The van der Waals surface area contributed by atoms with E-state index in [2.05, 4.69) is 20.7 Å². The van der Waals surface area contributed by atoms with Crippen LogP contribution in [0.1, 0.15) is 10.4 Å². The Morgan fingerprint density at radius 1 is 1.62 bits per heavy atom. The van der Waals surface area contributed by atoms with Gasteiger partial charge in [-0.1, -0.05) is 11.6 Å². The third-order valence-corrected chi connectivity index (χ3v) is 2.75. The summed E-state index contributed by atoms with van der Waals surface area (Å²) in [6, 6.07) is 2.99. The number of hydrogen-bond acceptors (Lipinski definition) is 3. The van der Waals surface area contributed by atoms with Crippen LogP contribution in [0.5, 0.6) is 5.75 Å². The lowest BCUT2D eigenvalue weighted by atomic mass is 10.2. The van der Waals surface area contributed by atoms with Crippen molar-refractivity contribution in [2.24, 2.45) is 0 Å². The van der Waals surface area contributed by atoms with Crippen molar-refractivity contribution in [2.75, 3.05) is 7.11 Å². The first kappa shape index (κ1) is 10.3. The summed E-state index contributed by atoms with van der Waals surface area (Å²) in [5.41, 5.74) is 0.0516. The lowest BCUT2D eigenvalue weighted by molar-refractivity contribution is 0.0597. The molecule has 0 aliphatic heterocycles. The van der Waals surface area contributed by atoms with E-state index in [4.69, 9.17) is 11.6 Å². The largest absolute Gasteiger partial charge is 0.505 e. The summed E-state index contributed by atoms with van der Waals surface area (Å²) in [5, 5.41) is 9.52. The Morgan fingerprint density at radius 3 is 2.77 bits per heavy atom. The van der Waals surface area contributed by atoms with Gasteiger partial charge in [-0.3, -0.25) is 0 Å². The zero-order valence-electron chi connectivity index (χ0n) is 6.67. The van der Waals surface area contributed by atoms with Crippen molar-refractivity contribution in [3.8, 4) is 5.75 Å². The van der Waals surface area contributed by atoms with Crippen LogP contribution in [0.2, 0.25) is 5.02 Å². The molecule has 5 heteroatoms. The van der Waals surface area contributed by atoms with Gasteiger partial charge in [-0.15, -0.1) is 0 Å². The molecule has 1 aromatic carbocycles. The molecule has 3 nitrogen and oxygen atoms in total. The third-order valence-electron chi connectivity index (χ3n) is 1.47. The number of phenols is 1. The van der Waals surface area contributed by atoms with Gasteiger partial charge in [0.2, 0.25) is 0 Å². The Hall–Kier alpha value is -0.740. The summed E-state index contributed by atoms with van der Waals surface area (Å²) in [7, 11) is 1.23. The first-order valence-corrected chi connectivity index (χ1v) is 4.50. The number of ether oxygens (including phenoxy) is 1. The predicted molar refractivity (Wildman–Crippen MR) is 52.2 cm³/mol. The van der Waals surface area contributed by atoms with Crippen molar-refractivity contribution in [3.63, 3.8) is 0 Å². The molecule has 13 heavy (non-hydrogen) atoms. The normalized spacial score (nSPS) is 9.77. The van der Waals surface area contributed by atoms with E-state index in [-0.39, 0.29) is 16.3 Å². The molecule has 0 radical (unpaired) electrons. The van der Waals surface area contributed by atoms with Crippen LogP contribution in [0.15, 0.2) is 16.6 Å². The summed E-state index contributed by atoms with van der Waals surface area (Å²) >= 11 is 8.79. The highest BCUT2D eigenvalue weighted by molar-refractivity contribution is 9.10. The Kier molecular flexibility index (Phi) is 3.17. The molecule has 0 amide bonds. The summed E-state index contributed by atoms with van der Waals surface area (Å²) < 4.78 is 4.97. The summed E-state index contributed by atoms with van der Waals surface area (Å²) in [5.74, 6) is -0.894. The van der Waals surface area contributed by atoms with Gasteiger partial charge in [0.25, 0.3) is 0 Å². The van der Waals surface area contributed by atoms with Gasteiger partial charge in [0.05, 0.1) is 12.1 Å². The van der Waals surface area contributed by atoms with Crippen LogP contribution in [0.25, 0.3) is 0 Å². The number of esters is 1. The standard InChI is InChI=1S/C8H6BrClO3/c1-13-8(12)4-2-3-5(9)6(10)7(4)11/h2-3,11H,1H3. The number of phenolic OH excluding ortho intramolecular Hbond substituents is 1. The number of carbonyl (C=O) groups excluding carboxylic acids is 1. The number of hydrogen-bond donors (Lipinski definition) is 1. The SMILES string of the molecule is COC(=O)c1ccc(Br)c(Cl)c1O. The van der Waals surface area contributed by atoms with Gasteiger partial charge in [0.1, 0.15) is 11.3 Å². The molecule has 0 aliphatic carbocycles. The Bertz CT molecular complexity index is 351. The van der Waals surface area contributed by atoms with Crippen LogP contribution < -0.4 is 0 Å². The van der Waals surface area contributed by atoms with Crippen LogP contribution in [-0.2, 0) is 4.74 Å². The van der Waals surface area contributed by atoms with Crippen molar-refractivity contribution in [1.29, 1.82) is 0 Å². The second kappa shape index (κ2) is 3.98. The van der Waals surface area contributed by atoms with Crippen LogP contribution in [-0.4, -0.2) is 18.2 Å². The van der Waals surface area contributed by atoms with Crippen molar-refractivity contribution >= 4 is 33.5 Å². The maximum atomic E-state index is 11.0. The second-order valence-electron chi connectivity index (χ2n) is 2.25. The Labute approximate surface area is 88.4 Å². The molecule has 0 spiro atoms. The topological polar surface area (TPSA) is 46.5 Å². The van der Waals surface area contributed by atoms with Gasteiger partial charge in [0, 0.05) is 4.47 Å². The fourth-order valence-electron chi connectivity index (χ4n) is 0.815. The van der Waals surface area contributed by atoms with Crippen molar-refractivity contribution in [2.45, 2.75) is 0 Å². The molecule has 0 aromatic heterocycles. The molecular formula is C8H6BrClO3. The molecule has 0 fully saturated rings. The minimum absolute atomic E-state index is 0.0516. The highest BCUT2D eigenvalue weighted by Crippen LogP contribution is 2.34. The fraction of sp³-hybridized carbons (Fsp3) is 0.125. The highest BCUT2D eigenvalue weighted by Gasteiger charge is 2.15. The van der Waals surface area contributed by atoms with Crippen LogP contribution in [0.3, 0.4) is 0 Å². The number of methoxy groups -OCH3 is 1. The average Bonchev–Trinajstić information content (AvgIpc) is 2.13. The summed E-state index contributed by atoms with van der Waals surface area (Å²) in [6.07, 6.45) is 0. The van der Waals surface area contributed by atoms with E-state index in [9.17, 15) is 9.90 Å². The highest BCUT2D eigenvalue weighted by atomic mass is 79.9. The van der Waals surface area contributed by atoms with Gasteiger partial charge >= 0.3 is 5.97 Å². The van der Waals surface area contributed by atoms with Gasteiger partial charge in [-0.25, -0.2) is 4.79 Å². The molecule has 1 N–H and O–H groups in total. The fourth-order valence-corrected chi connectivity index (χ4v) is 1.30. The lowest BCUT2D eigenvalue weighted by Crippen LogP contribution is -2.01. The molecule has 0 saturated carbocycles. The predicted octanol–water partition coefficient (Wildman–Crippen LogP) is 2.59. The molecule has 0 atom stereocenters. The monoisotopic (exact) mass is 264 g/mol. The third kappa shape index (κ3) is 1.95. The zero-order valence-corrected chi connectivity index (χ0v) is 9.02. The van der Waals surface area contributed by atoms with Gasteiger partial charge < -0.3 is 9.84 Å². The number of benzene rings is 1. The summed E-state index contributed by atoms with van der Waals surface area (Å²) in [4.78, 5) is 11.0. The average molecular weight is 265 g/mol. The molecule has 0 heterocycles. The molecule has 0 unspecified atom stereocenters. The number of carbonyl (C=O) groups is 1. The maximum Gasteiger partial charge on any atom is 0.341 e. The maximum absolute atomic E-state index is 11.0. The first-order valence-electron chi connectivity index (χ1n) is 3.33. The van der Waals surface area contributed by atoms with Gasteiger partial charge in [0.15, 0.2) is 0 Å². The van der Waals surface area contributed by atoms with E-state index >= 15 is 0 Å². The Morgan fingerprint density at radius 2 is 2.23 bits per heavy atom.